The molecule has 364 valence electrons. The molecule has 9 heteroatoms. The molecule has 0 amide bonds. The summed E-state index contributed by atoms with van der Waals surface area (Å²) in [6.45, 7) is 2.82. The Balaban J connectivity index is 1.09. The molecule has 0 saturated carbocycles. The lowest BCUT2D eigenvalue weighted by Crippen LogP contribution is -2.56. The van der Waals surface area contributed by atoms with E-state index in [4.69, 9.17) is 42.6 Å². The molecule has 1 fully saturated rings. The predicted molar refractivity (Wildman–Crippen MR) is 273 cm³/mol. The summed E-state index contributed by atoms with van der Waals surface area (Å²) in [6.07, 6.45) is -0.497. The Morgan fingerprint density at radius 2 is 0.704 bits per heavy atom. The van der Waals surface area contributed by atoms with Crippen LogP contribution in [0.4, 0.5) is 0 Å². The Hall–Kier alpha value is -6.66. The number of hydrogen-bond donors (Lipinski definition) is 0. The Morgan fingerprint density at radius 3 is 1.14 bits per heavy atom. The lowest BCUT2D eigenvalue weighted by Gasteiger charge is -2.44. The van der Waals surface area contributed by atoms with Crippen molar-refractivity contribution in [3.63, 3.8) is 0 Å². The lowest BCUT2D eigenvalue weighted by molar-refractivity contribution is -0.224. The predicted octanol–water partition coefficient (Wildman–Crippen LogP) is 11.9. The van der Waals surface area contributed by atoms with Gasteiger partial charge in [0, 0.05) is 0 Å². The summed E-state index contributed by atoms with van der Waals surface area (Å²) in [5.74, 6) is 1.16. The molecule has 71 heavy (non-hydrogen) atoms. The first-order valence-electron chi connectivity index (χ1n) is 24.5. The molecule has 2 heterocycles. The van der Waals surface area contributed by atoms with E-state index in [1.807, 2.05) is 140 Å². The fraction of sp³-hybridized carbons (Fsp3) is 0.258. The van der Waals surface area contributed by atoms with Gasteiger partial charge in [0.1, 0.15) is 54.7 Å². The third-order valence-corrected chi connectivity index (χ3v) is 12.3. The van der Waals surface area contributed by atoms with Crippen LogP contribution >= 0.6 is 0 Å². The molecule has 1 saturated heterocycles. The van der Waals surface area contributed by atoms with E-state index in [0.717, 1.165) is 38.9 Å². The van der Waals surface area contributed by atoms with Gasteiger partial charge >= 0.3 is 0 Å². The van der Waals surface area contributed by atoms with Gasteiger partial charge in [-0.2, -0.15) is 0 Å². The van der Waals surface area contributed by atoms with Crippen LogP contribution in [0.5, 0.6) is 0 Å². The van der Waals surface area contributed by atoms with E-state index >= 15 is 0 Å². The molecule has 0 unspecified atom stereocenters. The first kappa shape index (κ1) is 49.3. The van der Waals surface area contributed by atoms with E-state index in [1.54, 1.807) is 0 Å². The Bertz CT molecular complexity index is 2640. The molecular weight excluding hydrogens is 889 g/mol. The number of rotatable bonds is 24. The van der Waals surface area contributed by atoms with Crippen molar-refractivity contribution in [2.45, 2.75) is 89.0 Å². The zero-order valence-electron chi connectivity index (χ0n) is 39.9. The summed E-state index contributed by atoms with van der Waals surface area (Å²) in [4.78, 5) is 0. The van der Waals surface area contributed by atoms with E-state index in [1.165, 1.54) is 0 Å². The quantitative estimate of drug-likeness (QED) is 0.0588. The van der Waals surface area contributed by atoms with E-state index in [0.29, 0.717) is 51.2 Å². The van der Waals surface area contributed by atoms with Crippen LogP contribution in [0.2, 0.25) is 0 Å². The van der Waals surface area contributed by atoms with Crippen LogP contribution in [-0.4, -0.2) is 55.9 Å². The maximum Gasteiger partial charge on any atom is 0.150 e. The fourth-order valence-corrected chi connectivity index (χ4v) is 8.66. The minimum absolute atomic E-state index is 0.209. The molecule has 0 aliphatic carbocycles. The number of ether oxygens (including phenoxy) is 9. The number of benzene rings is 7. The van der Waals surface area contributed by atoms with Gasteiger partial charge in [0.25, 0.3) is 0 Å². The summed E-state index contributed by atoms with van der Waals surface area (Å²) < 4.78 is 61.7. The van der Waals surface area contributed by atoms with Gasteiger partial charge in [-0.1, -0.05) is 212 Å². The monoisotopic (exact) mass is 950 g/mol. The van der Waals surface area contributed by atoms with E-state index < -0.39 is 42.7 Å². The van der Waals surface area contributed by atoms with Gasteiger partial charge in [0.05, 0.1) is 52.9 Å². The van der Waals surface area contributed by atoms with E-state index in [9.17, 15) is 0 Å². The minimum atomic E-state index is -0.740. The van der Waals surface area contributed by atoms with E-state index in [2.05, 4.69) is 84.9 Å². The molecule has 9 nitrogen and oxygen atoms in total. The van der Waals surface area contributed by atoms with Gasteiger partial charge < -0.3 is 42.6 Å². The molecule has 0 radical (unpaired) electrons. The smallest absolute Gasteiger partial charge is 0.150 e. The molecule has 0 N–H and O–H groups in total. The van der Waals surface area contributed by atoms with Crippen LogP contribution < -0.4 is 0 Å². The average molecular weight is 951 g/mol. The first-order chi connectivity index (χ1) is 35.2. The second kappa shape index (κ2) is 26.5. The van der Waals surface area contributed by atoms with Gasteiger partial charge in [-0.25, -0.2) is 0 Å². The molecule has 7 aromatic rings. The summed E-state index contributed by atoms with van der Waals surface area (Å²) in [6, 6.07) is 70.9. The highest BCUT2D eigenvalue weighted by atomic mass is 16.6. The van der Waals surface area contributed by atoms with Crippen molar-refractivity contribution in [2.24, 2.45) is 0 Å². The van der Waals surface area contributed by atoms with Crippen LogP contribution in [0.1, 0.15) is 38.9 Å². The van der Waals surface area contributed by atoms with Gasteiger partial charge in [-0.15, -0.1) is 0 Å². The highest BCUT2D eigenvalue weighted by molar-refractivity contribution is 5.25. The fourth-order valence-electron chi connectivity index (χ4n) is 8.66. The maximum atomic E-state index is 7.18. The van der Waals surface area contributed by atoms with Crippen molar-refractivity contribution >= 4 is 0 Å². The van der Waals surface area contributed by atoms with Crippen molar-refractivity contribution in [2.75, 3.05) is 13.2 Å². The SMILES string of the molecule is C1=C(OCc2ccccc2)[C@H](OCc2ccccc2)[C@@H](COCc2ccccc2)O[C@@H]1/C=C1\O[C@H](COCc2ccccc2)[C@@H](OCc2ccccc2)[C@H](OCc2ccccc2)[C@H]1OCc1ccccc1. The summed E-state index contributed by atoms with van der Waals surface area (Å²) in [7, 11) is 0. The lowest BCUT2D eigenvalue weighted by atomic mass is 9.95. The average Bonchev–Trinajstić information content (AvgIpc) is 3.43. The van der Waals surface area contributed by atoms with Crippen LogP contribution in [0.25, 0.3) is 0 Å². The molecular formula is C62H62O9. The zero-order valence-corrected chi connectivity index (χ0v) is 39.9. The van der Waals surface area contributed by atoms with E-state index in [-0.39, 0.29) is 19.8 Å². The molecule has 0 aromatic heterocycles. The third kappa shape index (κ3) is 14.9. The van der Waals surface area contributed by atoms with Crippen LogP contribution in [0, 0.1) is 0 Å². The highest BCUT2D eigenvalue weighted by Crippen LogP contribution is 2.35. The van der Waals surface area contributed by atoms with Crippen molar-refractivity contribution in [3.8, 4) is 0 Å². The molecule has 7 atom stereocenters. The highest BCUT2D eigenvalue weighted by Gasteiger charge is 2.47. The minimum Gasteiger partial charge on any atom is -0.491 e. The summed E-state index contributed by atoms with van der Waals surface area (Å²) in [5, 5.41) is 0. The van der Waals surface area contributed by atoms with Gasteiger partial charge in [0.2, 0.25) is 0 Å². The number of hydrogen-bond acceptors (Lipinski definition) is 9. The third-order valence-electron chi connectivity index (χ3n) is 12.3. The second-order valence-electron chi connectivity index (χ2n) is 17.7. The maximum absolute atomic E-state index is 7.18. The molecule has 0 spiro atoms. The Labute approximate surface area is 418 Å². The Kier molecular flexibility index (Phi) is 18.4. The molecule has 9 rings (SSSR count). The van der Waals surface area contributed by atoms with Gasteiger partial charge in [-0.05, 0) is 51.1 Å². The topological polar surface area (TPSA) is 83.1 Å². The molecule has 2 aliphatic rings. The van der Waals surface area contributed by atoms with Crippen molar-refractivity contribution < 1.29 is 42.6 Å². The zero-order chi connectivity index (χ0) is 48.1. The van der Waals surface area contributed by atoms with Gasteiger partial charge in [0.15, 0.2) is 6.10 Å². The van der Waals surface area contributed by atoms with Crippen molar-refractivity contribution in [1.29, 1.82) is 0 Å². The second-order valence-corrected chi connectivity index (χ2v) is 17.7. The molecule has 7 aromatic carbocycles. The van der Waals surface area contributed by atoms with Crippen molar-refractivity contribution in [1.82, 2.24) is 0 Å². The molecule has 0 bridgehead atoms. The van der Waals surface area contributed by atoms with Gasteiger partial charge in [-0.3, -0.25) is 0 Å². The summed E-state index contributed by atoms with van der Waals surface area (Å²) in [5.41, 5.74) is 7.21. The van der Waals surface area contributed by atoms with Crippen LogP contribution in [0.3, 0.4) is 0 Å². The standard InChI is InChI=1S/C62H62O9/c1-8-22-47(23-9-1)38-63-45-57-59(66-41-50-28-14-4-15-29-50)55(65-40-49-26-12-3-13-27-49)36-54(70-57)37-56-60(67-42-51-30-16-5-17-31-51)62(69-44-53-34-20-7-21-35-53)61(68-43-52-32-18-6-19-33-52)58(71-56)46-64-39-48-24-10-2-11-25-48/h1-37,54,57-62H,38-46H2/b56-37-/t54-,57+,58+,59-,60-,61+,62+/m0/s1. The van der Waals surface area contributed by atoms with Crippen LogP contribution in [-0.2, 0) is 88.9 Å². The molecule has 2 aliphatic heterocycles. The Morgan fingerprint density at radius 1 is 0.352 bits per heavy atom. The first-order valence-corrected chi connectivity index (χ1v) is 24.5. The normalized spacial score (nSPS) is 21.5. The van der Waals surface area contributed by atoms with Crippen LogP contribution in [0.15, 0.2) is 236 Å². The summed E-state index contributed by atoms with van der Waals surface area (Å²) >= 11 is 0. The largest absolute Gasteiger partial charge is 0.491 e. The van der Waals surface area contributed by atoms with Crippen molar-refractivity contribution in [3.05, 3.63) is 275 Å².